The van der Waals surface area contributed by atoms with Gasteiger partial charge < -0.3 is 5.32 Å². The molecule has 0 aromatic heterocycles. The summed E-state index contributed by atoms with van der Waals surface area (Å²) in [5.74, 6) is -1.28. The first-order chi connectivity index (χ1) is 12.0. The Morgan fingerprint density at radius 3 is 2.44 bits per heavy atom. The molecule has 2 aromatic rings. The van der Waals surface area contributed by atoms with Crippen LogP contribution in [0.2, 0.25) is 0 Å². The molecule has 0 fully saturated rings. The van der Waals surface area contributed by atoms with Crippen LogP contribution >= 0.6 is 0 Å². The monoisotopic (exact) mass is 341 g/mol. The minimum Gasteiger partial charge on any atom is -0.340 e. The second-order valence-corrected chi connectivity index (χ2v) is 5.85. The lowest BCUT2D eigenvalue weighted by Gasteiger charge is -2.20. The highest BCUT2D eigenvalue weighted by Crippen LogP contribution is 2.05. The molecule has 2 rings (SSSR count). The number of carbonyl (C=O) groups is 2. The fourth-order valence-electron chi connectivity index (χ4n) is 2.18. The van der Waals surface area contributed by atoms with E-state index in [2.05, 4.69) is 15.8 Å². The number of benzene rings is 2. The smallest absolute Gasteiger partial charge is 0.262 e. The molecule has 0 unspecified atom stereocenters. The molecule has 25 heavy (non-hydrogen) atoms. The normalized spacial score (nSPS) is 12.2. The zero-order valence-electron chi connectivity index (χ0n) is 14.1. The summed E-state index contributed by atoms with van der Waals surface area (Å²) in [6, 6.07) is 13.8. The quantitative estimate of drug-likeness (QED) is 0.626. The van der Waals surface area contributed by atoms with Crippen LogP contribution in [0.4, 0.5) is 4.39 Å². The van der Waals surface area contributed by atoms with E-state index in [1.54, 1.807) is 36.4 Å². The maximum Gasteiger partial charge on any atom is 0.262 e. The topological polar surface area (TPSA) is 70.6 Å². The third-order valence-corrected chi connectivity index (χ3v) is 3.51. The van der Waals surface area contributed by atoms with Gasteiger partial charge in [-0.1, -0.05) is 44.2 Å². The molecule has 0 radical (unpaired) electrons. The van der Waals surface area contributed by atoms with Crippen LogP contribution in [0, 0.1) is 11.7 Å². The van der Waals surface area contributed by atoms with Crippen LogP contribution in [0.15, 0.2) is 59.7 Å². The molecule has 0 heterocycles. The van der Waals surface area contributed by atoms with E-state index >= 15 is 0 Å². The van der Waals surface area contributed by atoms with E-state index in [9.17, 15) is 14.0 Å². The van der Waals surface area contributed by atoms with Gasteiger partial charge in [0.05, 0.1) is 6.21 Å². The highest BCUT2D eigenvalue weighted by molar-refractivity contribution is 5.97. The van der Waals surface area contributed by atoms with Crippen molar-refractivity contribution in [2.24, 2.45) is 11.0 Å². The van der Waals surface area contributed by atoms with E-state index in [0.717, 1.165) is 0 Å². The van der Waals surface area contributed by atoms with E-state index in [1.807, 2.05) is 19.9 Å². The first kappa shape index (κ1) is 18.3. The van der Waals surface area contributed by atoms with Crippen LogP contribution in [-0.2, 0) is 4.79 Å². The minimum atomic E-state index is -0.739. The van der Waals surface area contributed by atoms with Crippen molar-refractivity contribution in [2.75, 3.05) is 0 Å². The largest absolute Gasteiger partial charge is 0.340 e. The van der Waals surface area contributed by atoms with Gasteiger partial charge in [0, 0.05) is 5.56 Å². The molecule has 5 nitrogen and oxygen atoms in total. The summed E-state index contributed by atoms with van der Waals surface area (Å²) in [6.45, 7) is 3.65. The van der Waals surface area contributed by atoms with E-state index in [-0.39, 0.29) is 17.6 Å². The summed E-state index contributed by atoms with van der Waals surface area (Å²) in [4.78, 5) is 24.5. The Bertz CT molecular complexity index is 760. The highest BCUT2D eigenvalue weighted by atomic mass is 19.1. The zero-order chi connectivity index (χ0) is 18.2. The van der Waals surface area contributed by atoms with Gasteiger partial charge in [0.15, 0.2) is 0 Å². The molecule has 6 heteroatoms. The molecule has 2 aromatic carbocycles. The van der Waals surface area contributed by atoms with Gasteiger partial charge in [0.25, 0.3) is 11.8 Å². The number of nitrogens with zero attached hydrogens (tertiary/aromatic N) is 1. The summed E-state index contributed by atoms with van der Waals surface area (Å²) in [7, 11) is 0. The molecule has 0 spiro atoms. The first-order valence-corrected chi connectivity index (χ1v) is 7.92. The molecule has 0 aliphatic heterocycles. The van der Waals surface area contributed by atoms with Gasteiger partial charge in [-0.25, -0.2) is 9.82 Å². The molecule has 0 aliphatic rings. The standard InChI is InChI=1S/C19H20FN3O2/c1-13(2)17(22-18(24)15-8-4-3-5-9-15)19(25)23-21-12-14-7-6-10-16(20)11-14/h3-13,17H,1-2H3,(H,22,24)(H,23,25)/b21-12+/t17-/m0/s1. The predicted molar refractivity (Wildman–Crippen MR) is 94.7 cm³/mol. The van der Waals surface area contributed by atoms with E-state index < -0.39 is 11.9 Å². The van der Waals surface area contributed by atoms with Crippen LogP contribution in [0.5, 0.6) is 0 Å². The van der Waals surface area contributed by atoms with Crippen molar-refractivity contribution in [1.29, 1.82) is 0 Å². The van der Waals surface area contributed by atoms with Crippen molar-refractivity contribution in [1.82, 2.24) is 10.7 Å². The van der Waals surface area contributed by atoms with Crippen molar-refractivity contribution in [3.05, 3.63) is 71.5 Å². The summed E-state index contributed by atoms with van der Waals surface area (Å²) < 4.78 is 13.1. The predicted octanol–water partition coefficient (Wildman–Crippen LogP) is 2.73. The molecular weight excluding hydrogens is 321 g/mol. The van der Waals surface area contributed by atoms with Crippen LogP contribution < -0.4 is 10.7 Å². The number of carbonyl (C=O) groups excluding carboxylic acids is 2. The van der Waals surface area contributed by atoms with Gasteiger partial charge in [-0.2, -0.15) is 5.10 Å². The van der Waals surface area contributed by atoms with Crippen LogP contribution in [-0.4, -0.2) is 24.1 Å². The van der Waals surface area contributed by atoms with Crippen LogP contribution in [0.1, 0.15) is 29.8 Å². The second kappa shape index (κ2) is 8.73. The summed E-state index contributed by atoms with van der Waals surface area (Å²) in [6.07, 6.45) is 1.34. The molecular formula is C19H20FN3O2. The lowest BCUT2D eigenvalue weighted by molar-refractivity contribution is -0.123. The number of amides is 2. The molecule has 1 atom stereocenters. The fraction of sp³-hybridized carbons (Fsp3) is 0.211. The number of hydrogen-bond acceptors (Lipinski definition) is 3. The van der Waals surface area contributed by atoms with Crippen molar-refractivity contribution >= 4 is 18.0 Å². The molecule has 0 bridgehead atoms. The van der Waals surface area contributed by atoms with Gasteiger partial charge in [-0.05, 0) is 35.7 Å². The first-order valence-electron chi connectivity index (χ1n) is 7.92. The average molecular weight is 341 g/mol. The SMILES string of the molecule is CC(C)[C@H](NC(=O)c1ccccc1)C(=O)N/N=C/c1cccc(F)c1. The van der Waals surface area contributed by atoms with Gasteiger partial charge >= 0.3 is 0 Å². The zero-order valence-corrected chi connectivity index (χ0v) is 14.1. The lowest BCUT2D eigenvalue weighted by Crippen LogP contribution is -2.48. The molecule has 0 saturated heterocycles. The number of hydrazone groups is 1. The highest BCUT2D eigenvalue weighted by Gasteiger charge is 2.24. The van der Waals surface area contributed by atoms with Gasteiger partial charge in [-0.15, -0.1) is 0 Å². The van der Waals surface area contributed by atoms with Crippen molar-refractivity contribution in [2.45, 2.75) is 19.9 Å². The number of halogens is 1. The Labute approximate surface area is 145 Å². The Kier molecular flexibility index (Phi) is 6.39. The van der Waals surface area contributed by atoms with Gasteiger partial charge in [0.1, 0.15) is 11.9 Å². The maximum absolute atomic E-state index is 13.1. The summed E-state index contributed by atoms with van der Waals surface area (Å²) in [5, 5.41) is 6.53. The fourth-order valence-corrected chi connectivity index (χ4v) is 2.18. The Morgan fingerprint density at radius 2 is 1.80 bits per heavy atom. The Hall–Kier alpha value is -3.02. The molecule has 0 saturated carbocycles. The third-order valence-electron chi connectivity index (χ3n) is 3.51. The minimum absolute atomic E-state index is 0.128. The van der Waals surface area contributed by atoms with Gasteiger partial charge in [-0.3, -0.25) is 9.59 Å². The van der Waals surface area contributed by atoms with Crippen molar-refractivity contribution in [3.8, 4) is 0 Å². The summed E-state index contributed by atoms with van der Waals surface area (Å²) in [5.41, 5.74) is 3.38. The summed E-state index contributed by atoms with van der Waals surface area (Å²) >= 11 is 0. The van der Waals surface area contributed by atoms with E-state index in [0.29, 0.717) is 11.1 Å². The maximum atomic E-state index is 13.1. The molecule has 2 N–H and O–H groups in total. The average Bonchev–Trinajstić information content (AvgIpc) is 2.60. The van der Waals surface area contributed by atoms with Gasteiger partial charge in [0.2, 0.25) is 0 Å². The van der Waals surface area contributed by atoms with E-state index in [1.165, 1.54) is 18.3 Å². The number of rotatable bonds is 6. The Morgan fingerprint density at radius 1 is 1.08 bits per heavy atom. The number of nitrogens with one attached hydrogen (secondary N) is 2. The van der Waals surface area contributed by atoms with E-state index in [4.69, 9.17) is 0 Å². The number of hydrogen-bond donors (Lipinski definition) is 2. The van der Waals surface area contributed by atoms with Crippen LogP contribution in [0.3, 0.4) is 0 Å². The Balaban J connectivity index is 1.99. The van der Waals surface area contributed by atoms with Crippen LogP contribution in [0.25, 0.3) is 0 Å². The molecule has 130 valence electrons. The molecule has 2 amide bonds. The molecule has 0 aliphatic carbocycles. The second-order valence-electron chi connectivity index (χ2n) is 5.85. The lowest BCUT2D eigenvalue weighted by atomic mass is 10.0. The third kappa shape index (κ3) is 5.53. The van der Waals surface area contributed by atoms with Crippen molar-refractivity contribution < 1.29 is 14.0 Å². The van der Waals surface area contributed by atoms with Crippen molar-refractivity contribution in [3.63, 3.8) is 0 Å².